The fourth-order valence-electron chi connectivity index (χ4n) is 3.10. The van der Waals surface area contributed by atoms with E-state index in [1.165, 1.54) is 0 Å². The summed E-state index contributed by atoms with van der Waals surface area (Å²) in [6, 6.07) is 8.28. The van der Waals surface area contributed by atoms with Crippen molar-refractivity contribution >= 4 is 15.9 Å². The summed E-state index contributed by atoms with van der Waals surface area (Å²) in [4.78, 5) is 0. The number of halogens is 1. The van der Waals surface area contributed by atoms with Crippen LogP contribution in [-0.2, 0) is 0 Å². The Balaban J connectivity index is 2.32. The zero-order valence-corrected chi connectivity index (χ0v) is 13.1. The van der Waals surface area contributed by atoms with Crippen molar-refractivity contribution in [1.29, 1.82) is 5.26 Å². The van der Waals surface area contributed by atoms with Crippen LogP contribution in [-0.4, -0.2) is 5.11 Å². The molecule has 1 aliphatic rings. The van der Waals surface area contributed by atoms with Crippen LogP contribution in [0.5, 0.6) is 0 Å². The normalized spacial score (nSPS) is 28.7. The maximum atomic E-state index is 10.7. The summed E-state index contributed by atoms with van der Waals surface area (Å²) in [5.41, 5.74) is 1.36. The lowest BCUT2D eigenvalue weighted by Crippen LogP contribution is -2.33. The molecule has 1 N–H and O–H groups in total. The van der Waals surface area contributed by atoms with E-state index in [0.717, 1.165) is 41.3 Å². The molecule has 0 heterocycles. The molecular formula is C16H20BrNO. The fourth-order valence-corrected chi connectivity index (χ4v) is 3.50. The Kier molecular flexibility index (Phi) is 4.32. The lowest BCUT2D eigenvalue weighted by atomic mass is 9.66. The van der Waals surface area contributed by atoms with Crippen LogP contribution in [0, 0.1) is 29.6 Å². The molecule has 0 radical (unpaired) electrons. The standard InChI is InChI=1S/C16H20BrNO/c1-11-4-3-7-16(9-11,10-18)15(19)13-6-5-12(2)14(17)8-13/h5-6,8,11,15,19H,3-4,7,9H2,1-2H3. The zero-order valence-electron chi connectivity index (χ0n) is 11.5. The average Bonchev–Trinajstić information content (AvgIpc) is 2.41. The third-order valence-electron chi connectivity index (χ3n) is 4.29. The second kappa shape index (κ2) is 5.64. The minimum absolute atomic E-state index is 0.511. The van der Waals surface area contributed by atoms with Gasteiger partial charge in [0.2, 0.25) is 0 Å². The van der Waals surface area contributed by atoms with Gasteiger partial charge in [0, 0.05) is 4.47 Å². The molecule has 2 rings (SSSR count). The van der Waals surface area contributed by atoms with Crippen LogP contribution in [0.4, 0.5) is 0 Å². The molecule has 1 aliphatic carbocycles. The van der Waals surface area contributed by atoms with Gasteiger partial charge in [-0.15, -0.1) is 0 Å². The van der Waals surface area contributed by atoms with Crippen LogP contribution in [0.3, 0.4) is 0 Å². The Morgan fingerprint density at radius 2 is 2.26 bits per heavy atom. The van der Waals surface area contributed by atoms with Crippen molar-refractivity contribution in [2.24, 2.45) is 11.3 Å². The first-order chi connectivity index (χ1) is 8.98. The molecule has 0 bridgehead atoms. The molecule has 0 aliphatic heterocycles. The van der Waals surface area contributed by atoms with Crippen LogP contribution in [0.25, 0.3) is 0 Å². The molecule has 0 aromatic heterocycles. The first-order valence-corrected chi connectivity index (χ1v) is 7.63. The van der Waals surface area contributed by atoms with E-state index in [9.17, 15) is 10.4 Å². The number of nitrogens with zero attached hydrogens (tertiary/aromatic N) is 1. The quantitative estimate of drug-likeness (QED) is 0.870. The van der Waals surface area contributed by atoms with Gasteiger partial charge in [-0.2, -0.15) is 5.26 Å². The molecular weight excluding hydrogens is 302 g/mol. The lowest BCUT2D eigenvalue weighted by Gasteiger charge is -2.38. The van der Waals surface area contributed by atoms with E-state index in [0.29, 0.717) is 5.92 Å². The van der Waals surface area contributed by atoms with E-state index < -0.39 is 11.5 Å². The number of aryl methyl sites for hydroxylation is 1. The van der Waals surface area contributed by atoms with Crippen molar-refractivity contribution in [3.05, 3.63) is 33.8 Å². The number of rotatable bonds is 2. The predicted octanol–water partition coefficient (Wildman–Crippen LogP) is 4.51. The van der Waals surface area contributed by atoms with E-state index >= 15 is 0 Å². The highest BCUT2D eigenvalue weighted by Crippen LogP contribution is 2.47. The molecule has 0 saturated heterocycles. The Morgan fingerprint density at radius 3 is 2.84 bits per heavy atom. The first kappa shape index (κ1) is 14.6. The molecule has 3 unspecified atom stereocenters. The Bertz CT molecular complexity index is 508. The molecule has 0 amide bonds. The minimum atomic E-state index is -0.697. The van der Waals surface area contributed by atoms with Gasteiger partial charge in [0.25, 0.3) is 0 Å². The van der Waals surface area contributed by atoms with Gasteiger partial charge in [0.05, 0.1) is 17.6 Å². The van der Waals surface area contributed by atoms with Crippen molar-refractivity contribution in [2.45, 2.75) is 45.6 Å². The van der Waals surface area contributed by atoms with Crippen molar-refractivity contribution in [1.82, 2.24) is 0 Å². The fraction of sp³-hybridized carbons (Fsp3) is 0.562. The van der Waals surface area contributed by atoms with Gasteiger partial charge in [-0.1, -0.05) is 47.8 Å². The van der Waals surface area contributed by atoms with E-state index in [-0.39, 0.29) is 0 Å². The monoisotopic (exact) mass is 321 g/mol. The summed E-state index contributed by atoms with van der Waals surface area (Å²) >= 11 is 3.50. The molecule has 1 aromatic carbocycles. The van der Waals surface area contributed by atoms with E-state index in [1.54, 1.807) is 0 Å². The summed E-state index contributed by atoms with van der Waals surface area (Å²) in [6.45, 7) is 4.19. The van der Waals surface area contributed by atoms with E-state index in [1.807, 2.05) is 25.1 Å². The van der Waals surface area contributed by atoms with Crippen LogP contribution in [0.1, 0.15) is 49.8 Å². The summed E-state index contributed by atoms with van der Waals surface area (Å²) in [5, 5.41) is 20.3. The Hall–Kier alpha value is -0.850. The SMILES string of the molecule is Cc1ccc(C(O)C2(C#N)CCCC(C)C2)cc1Br. The van der Waals surface area contributed by atoms with Crippen LogP contribution < -0.4 is 0 Å². The van der Waals surface area contributed by atoms with Crippen LogP contribution >= 0.6 is 15.9 Å². The average molecular weight is 322 g/mol. The third kappa shape index (κ3) is 2.85. The highest BCUT2D eigenvalue weighted by Gasteiger charge is 2.42. The first-order valence-electron chi connectivity index (χ1n) is 6.84. The highest BCUT2D eigenvalue weighted by atomic mass is 79.9. The molecule has 102 valence electrons. The largest absolute Gasteiger partial charge is 0.387 e. The van der Waals surface area contributed by atoms with Crippen LogP contribution in [0.15, 0.2) is 22.7 Å². The van der Waals surface area contributed by atoms with Crippen molar-refractivity contribution in [3.8, 4) is 6.07 Å². The van der Waals surface area contributed by atoms with Gasteiger partial charge in [-0.25, -0.2) is 0 Å². The Labute approximate surface area is 123 Å². The highest BCUT2D eigenvalue weighted by molar-refractivity contribution is 9.10. The molecule has 3 atom stereocenters. The number of hydrogen-bond acceptors (Lipinski definition) is 2. The smallest absolute Gasteiger partial charge is 0.0976 e. The van der Waals surface area contributed by atoms with Gasteiger partial charge in [0.15, 0.2) is 0 Å². The molecule has 1 saturated carbocycles. The van der Waals surface area contributed by atoms with Gasteiger partial charge in [-0.3, -0.25) is 0 Å². The molecule has 0 spiro atoms. The zero-order chi connectivity index (χ0) is 14.0. The minimum Gasteiger partial charge on any atom is -0.387 e. The van der Waals surface area contributed by atoms with E-state index in [4.69, 9.17) is 0 Å². The number of hydrogen-bond donors (Lipinski definition) is 1. The molecule has 2 nitrogen and oxygen atoms in total. The topological polar surface area (TPSA) is 44.0 Å². The molecule has 1 aromatic rings. The summed E-state index contributed by atoms with van der Waals surface area (Å²) in [6.07, 6.45) is 3.07. The summed E-state index contributed by atoms with van der Waals surface area (Å²) < 4.78 is 0.987. The second-order valence-corrected chi connectivity index (χ2v) is 6.73. The number of benzene rings is 1. The Morgan fingerprint density at radius 1 is 1.53 bits per heavy atom. The predicted molar refractivity (Wildman–Crippen MR) is 79.5 cm³/mol. The maximum absolute atomic E-state index is 10.7. The molecule has 3 heteroatoms. The van der Waals surface area contributed by atoms with Crippen molar-refractivity contribution in [3.63, 3.8) is 0 Å². The maximum Gasteiger partial charge on any atom is 0.0976 e. The van der Waals surface area contributed by atoms with Gasteiger partial charge in [0.1, 0.15) is 0 Å². The third-order valence-corrected chi connectivity index (χ3v) is 5.14. The number of aliphatic hydroxyl groups is 1. The van der Waals surface area contributed by atoms with Gasteiger partial charge < -0.3 is 5.11 Å². The van der Waals surface area contributed by atoms with E-state index in [2.05, 4.69) is 28.9 Å². The van der Waals surface area contributed by atoms with Crippen molar-refractivity contribution < 1.29 is 5.11 Å². The number of nitriles is 1. The molecule has 1 fully saturated rings. The second-order valence-electron chi connectivity index (χ2n) is 5.88. The number of aliphatic hydroxyl groups excluding tert-OH is 1. The summed E-state index contributed by atoms with van der Waals surface area (Å²) in [5.74, 6) is 0.511. The lowest BCUT2D eigenvalue weighted by molar-refractivity contribution is 0.0219. The van der Waals surface area contributed by atoms with Gasteiger partial charge >= 0.3 is 0 Å². The molecule has 19 heavy (non-hydrogen) atoms. The van der Waals surface area contributed by atoms with Gasteiger partial charge in [-0.05, 0) is 42.9 Å². The summed E-state index contributed by atoms with van der Waals surface area (Å²) in [7, 11) is 0. The van der Waals surface area contributed by atoms with Crippen molar-refractivity contribution in [2.75, 3.05) is 0 Å². The van der Waals surface area contributed by atoms with Crippen LogP contribution in [0.2, 0.25) is 0 Å².